The van der Waals surface area contributed by atoms with E-state index in [-0.39, 0.29) is 0 Å². The van der Waals surface area contributed by atoms with Gasteiger partial charge in [0.15, 0.2) is 11.6 Å². The van der Waals surface area contributed by atoms with E-state index in [1.807, 2.05) is 12.1 Å². The van der Waals surface area contributed by atoms with Crippen LogP contribution >= 0.6 is 11.6 Å². The second-order valence-corrected chi connectivity index (χ2v) is 3.82. The fourth-order valence-electron chi connectivity index (χ4n) is 1.43. The number of hydrogen-bond acceptors (Lipinski definition) is 6. The molecule has 18 heavy (non-hydrogen) atoms. The monoisotopic (exact) mass is 265 g/mol. The lowest BCUT2D eigenvalue weighted by atomic mass is 10.3. The molecule has 0 aliphatic carbocycles. The molecule has 0 saturated carbocycles. The largest absolute Gasteiger partial charge is 0.490 e. The van der Waals surface area contributed by atoms with E-state index >= 15 is 0 Å². The zero-order chi connectivity index (χ0) is 13.0. The Labute approximate surface area is 109 Å². The maximum Gasteiger partial charge on any atom is 0.205 e. The summed E-state index contributed by atoms with van der Waals surface area (Å²) in [7, 11) is 1.52. The highest BCUT2D eigenvalue weighted by Gasteiger charge is 2.11. The van der Waals surface area contributed by atoms with Gasteiger partial charge in [-0.25, -0.2) is 15.8 Å². The summed E-state index contributed by atoms with van der Waals surface area (Å²) in [6.45, 7) is 0. The van der Waals surface area contributed by atoms with Crippen LogP contribution in [-0.4, -0.2) is 17.1 Å². The highest BCUT2D eigenvalue weighted by Crippen LogP contribution is 2.30. The number of nitrogens with one attached hydrogen (secondary N) is 2. The number of nitrogens with zero attached hydrogens (tertiary/aromatic N) is 2. The lowest BCUT2D eigenvalue weighted by molar-refractivity contribution is 0.415. The van der Waals surface area contributed by atoms with E-state index in [4.69, 9.17) is 22.2 Å². The van der Waals surface area contributed by atoms with Crippen LogP contribution < -0.4 is 21.3 Å². The summed E-state index contributed by atoms with van der Waals surface area (Å²) in [5.74, 6) is 6.71. The summed E-state index contributed by atoms with van der Waals surface area (Å²) in [5.41, 5.74) is 3.28. The molecular weight excluding hydrogens is 254 g/mol. The Hall–Kier alpha value is -2.05. The van der Waals surface area contributed by atoms with Crippen LogP contribution in [0.5, 0.6) is 5.75 Å². The van der Waals surface area contributed by atoms with E-state index in [9.17, 15) is 0 Å². The van der Waals surface area contributed by atoms with Crippen molar-refractivity contribution in [3.63, 3.8) is 0 Å². The lowest BCUT2D eigenvalue weighted by Gasteiger charge is -2.12. The number of hydrazine groups is 1. The maximum absolute atomic E-state index is 5.82. The third-order valence-corrected chi connectivity index (χ3v) is 2.50. The topological polar surface area (TPSA) is 85.1 Å². The highest BCUT2D eigenvalue weighted by molar-refractivity contribution is 6.30. The minimum atomic E-state index is 0.406. The van der Waals surface area contributed by atoms with Crippen molar-refractivity contribution in [3.8, 4) is 5.75 Å². The van der Waals surface area contributed by atoms with Crippen LogP contribution in [0.4, 0.5) is 17.3 Å². The number of anilines is 3. The normalized spacial score (nSPS) is 9.94. The second-order valence-electron chi connectivity index (χ2n) is 3.38. The third-order valence-electron chi connectivity index (χ3n) is 2.25. The number of nitrogen functional groups attached to an aromatic ring is 1. The Balaban J connectivity index is 2.31. The quantitative estimate of drug-likeness (QED) is 0.580. The minimum Gasteiger partial charge on any atom is -0.490 e. The molecule has 1 aromatic carbocycles. The Morgan fingerprint density at radius 3 is 2.44 bits per heavy atom. The first-order chi connectivity index (χ1) is 8.74. The molecule has 0 atom stereocenters. The van der Waals surface area contributed by atoms with E-state index in [0.29, 0.717) is 22.4 Å². The summed E-state index contributed by atoms with van der Waals surface area (Å²) in [6, 6.07) is 7.22. The second kappa shape index (κ2) is 5.52. The molecule has 6 nitrogen and oxygen atoms in total. The molecule has 0 spiro atoms. The smallest absolute Gasteiger partial charge is 0.205 e. The zero-order valence-electron chi connectivity index (χ0n) is 9.64. The fourth-order valence-corrected chi connectivity index (χ4v) is 1.55. The fraction of sp³-hybridized carbons (Fsp3) is 0.0909. The van der Waals surface area contributed by atoms with Gasteiger partial charge in [-0.15, -0.1) is 0 Å². The van der Waals surface area contributed by atoms with Crippen LogP contribution in [0.3, 0.4) is 0 Å². The molecule has 0 amide bonds. The van der Waals surface area contributed by atoms with Crippen LogP contribution in [0, 0.1) is 0 Å². The number of ether oxygens (including phenoxy) is 1. The molecule has 2 aromatic rings. The number of halogens is 1. The highest BCUT2D eigenvalue weighted by atomic mass is 35.5. The average molecular weight is 266 g/mol. The molecule has 2 rings (SSSR count). The van der Waals surface area contributed by atoms with E-state index in [2.05, 4.69) is 20.7 Å². The van der Waals surface area contributed by atoms with E-state index in [1.54, 1.807) is 12.1 Å². The number of benzene rings is 1. The van der Waals surface area contributed by atoms with Crippen LogP contribution in [0.2, 0.25) is 5.02 Å². The molecule has 0 unspecified atom stereocenters. The van der Waals surface area contributed by atoms with Crippen molar-refractivity contribution in [2.75, 3.05) is 17.9 Å². The number of aromatic nitrogens is 2. The van der Waals surface area contributed by atoms with Crippen LogP contribution in [-0.2, 0) is 0 Å². The molecule has 0 aliphatic rings. The number of methoxy groups -OCH3 is 1. The molecule has 0 saturated heterocycles. The molecule has 94 valence electrons. The minimum absolute atomic E-state index is 0.406. The first-order valence-electron chi connectivity index (χ1n) is 5.13. The summed E-state index contributed by atoms with van der Waals surface area (Å²) >= 11 is 5.82. The Bertz CT molecular complexity index is 531. The predicted octanol–water partition coefficient (Wildman–Crippen LogP) is 2.17. The zero-order valence-corrected chi connectivity index (χ0v) is 10.4. The van der Waals surface area contributed by atoms with Gasteiger partial charge in [-0.05, 0) is 24.3 Å². The van der Waals surface area contributed by atoms with Crippen molar-refractivity contribution in [1.82, 2.24) is 9.97 Å². The standard InChI is InChI=1S/C11H12ClN5O/c1-18-9-10(14-6-15-11(9)17-13)16-8-4-2-7(12)3-5-8/h2-6H,13H2,1H3,(H2,14,15,16,17). The SMILES string of the molecule is COc1c(NN)ncnc1Nc1ccc(Cl)cc1. The van der Waals surface area contributed by atoms with Gasteiger partial charge in [0.25, 0.3) is 0 Å². The molecule has 1 heterocycles. The van der Waals surface area contributed by atoms with Crippen LogP contribution in [0.25, 0.3) is 0 Å². The maximum atomic E-state index is 5.82. The molecule has 7 heteroatoms. The van der Waals surface area contributed by atoms with Gasteiger partial charge in [0.2, 0.25) is 5.75 Å². The van der Waals surface area contributed by atoms with Crippen molar-refractivity contribution in [2.45, 2.75) is 0 Å². The number of rotatable bonds is 4. The van der Waals surface area contributed by atoms with Crippen molar-refractivity contribution >= 4 is 28.9 Å². The third kappa shape index (κ3) is 2.61. The van der Waals surface area contributed by atoms with Gasteiger partial charge in [0.05, 0.1) is 7.11 Å². The lowest BCUT2D eigenvalue weighted by Crippen LogP contribution is -2.11. The van der Waals surface area contributed by atoms with Crippen LogP contribution in [0.1, 0.15) is 0 Å². The Morgan fingerprint density at radius 2 is 1.83 bits per heavy atom. The molecule has 0 aliphatic heterocycles. The van der Waals surface area contributed by atoms with Crippen molar-refractivity contribution in [2.24, 2.45) is 5.84 Å². The van der Waals surface area contributed by atoms with Gasteiger partial charge in [-0.2, -0.15) is 0 Å². The van der Waals surface area contributed by atoms with Gasteiger partial charge in [0, 0.05) is 10.7 Å². The van der Waals surface area contributed by atoms with Gasteiger partial charge in [-0.3, -0.25) is 0 Å². The van der Waals surface area contributed by atoms with E-state index < -0.39 is 0 Å². The van der Waals surface area contributed by atoms with Crippen molar-refractivity contribution in [1.29, 1.82) is 0 Å². The predicted molar refractivity (Wildman–Crippen MR) is 71.1 cm³/mol. The summed E-state index contributed by atoms with van der Waals surface area (Å²) in [5, 5.41) is 3.76. The number of hydrogen-bond donors (Lipinski definition) is 3. The van der Waals surface area contributed by atoms with Gasteiger partial charge in [0.1, 0.15) is 6.33 Å². The Kier molecular flexibility index (Phi) is 3.81. The molecule has 0 bridgehead atoms. The average Bonchev–Trinajstić information content (AvgIpc) is 2.41. The van der Waals surface area contributed by atoms with Crippen molar-refractivity contribution < 1.29 is 4.74 Å². The molecular formula is C11H12ClN5O. The molecule has 4 N–H and O–H groups in total. The van der Waals surface area contributed by atoms with Crippen molar-refractivity contribution in [3.05, 3.63) is 35.6 Å². The van der Waals surface area contributed by atoms with E-state index in [1.165, 1.54) is 13.4 Å². The Morgan fingerprint density at radius 1 is 1.17 bits per heavy atom. The van der Waals surface area contributed by atoms with Gasteiger partial charge in [-0.1, -0.05) is 11.6 Å². The molecule has 0 fully saturated rings. The number of nitrogens with two attached hydrogens (primary N) is 1. The van der Waals surface area contributed by atoms with Gasteiger partial charge >= 0.3 is 0 Å². The molecule has 0 radical (unpaired) electrons. The first kappa shape index (κ1) is 12.4. The van der Waals surface area contributed by atoms with Gasteiger partial charge < -0.3 is 15.5 Å². The first-order valence-corrected chi connectivity index (χ1v) is 5.50. The molecule has 1 aromatic heterocycles. The van der Waals surface area contributed by atoms with Crippen LogP contribution in [0.15, 0.2) is 30.6 Å². The summed E-state index contributed by atoms with van der Waals surface area (Å²) < 4.78 is 5.21. The van der Waals surface area contributed by atoms with E-state index in [0.717, 1.165) is 5.69 Å². The summed E-state index contributed by atoms with van der Waals surface area (Å²) in [4.78, 5) is 8.05. The summed E-state index contributed by atoms with van der Waals surface area (Å²) in [6.07, 6.45) is 1.38.